The fourth-order valence-electron chi connectivity index (χ4n) is 2.54. The normalized spacial score (nSPS) is 14.4. The van der Waals surface area contributed by atoms with Crippen LogP contribution in [0.3, 0.4) is 0 Å². The lowest BCUT2D eigenvalue weighted by Gasteiger charge is -2.08. The third-order valence-corrected chi connectivity index (χ3v) is 3.93. The summed E-state index contributed by atoms with van der Waals surface area (Å²) in [5.74, 6) is 3.10. The number of hydrogen-bond donors (Lipinski definition) is 1. The number of pyridine rings is 1. The van der Waals surface area contributed by atoms with Gasteiger partial charge in [0.25, 0.3) is 0 Å². The van der Waals surface area contributed by atoms with Crippen molar-refractivity contribution in [3.05, 3.63) is 24.2 Å². The van der Waals surface area contributed by atoms with Crippen LogP contribution in [-0.2, 0) is 6.54 Å². The molecule has 0 saturated heterocycles. The summed E-state index contributed by atoms with van der Waals surface area (Å²) in [5, 5.41) is 0. The number of rotatable bonds is 6. The lowest BCUT2D eigenvalue weighted by atomic mass is 10.2. The molecule has 0 aromatic carbocycles. The van der Waals surface area contributed by atoms with Crippen LogP contribution in [0.15, 0.2) is 18.3 Å². The van der Waals surface area contributed by atoms with Crippen molar-refractivity contribution in [3.63, 3.8) is 0 Å². The number of hydrogen-bond acceptors (Lipinski definition) is 4. The molecule has 1 fully saturated rings. The fraction of sp³-hybridized carbons (Fsp3) is 0.500. The summed E-state index contributed by atoms with van der Waals surface area (Å²) in [6, 6.07) is 3.81. The van der Waals surface area contributed by atoms with Crippen molar-refractivity contribution in [1.82, 2.24) is 14.5 Å². The van der Waals surface area contributed by atoms with Crippen molar-refractivity contribution in [3.8, 4) is 17.1 Å². The molecule has 0 bridgehead atoms. The number of nitrogens with zero attached hydrogens (tertiary/aromatic N) is 3. The van der Waals surface area contributed by atoms with Gasteiger partial charge in [-0.05, 0) is 25.3 Å². The van der Waals surface area contributed by atoms with Gasteiger partial charge in [0, 0.05) is 30.3 Å². The van der Waals surface area contributed by atoms with E-state index in [2.05, 4.69) is 16.5 Å². The van der Waals surface area contributed by atoms with Gasteiger partial charge in [-0.2, -0.15) is 0 Å². The summed E-state index contributed by atoms with van der Waals surface area (Å²) in [5.41, 5.74) is 8.15. The Morgan fingerprint density at radius 2 is 2.19 bits per heavy atom. The van der Waals surface area contributed by atoms with Crippen molar-refractivity contribution >= 4 is 5.82 Å². The maximum atomic E-state index is 6.35. The number of nitrogen functional groups attached to an aromatic ring is 1. The second kappa shape index (κ2) is 5.76. The minimum absolute atomic E-state index is 0.587. The summed E-state index contributed by atoms with van der Waals surface area (Å²) < 4.78 is 7.29. The van der Waals surface area contributed by atoms with Crippen molar-refractivity contribution in [1.29, 1.82) is 0 Å². The van der Waals surface area contributed by atoms with Gasteiger partial charge >= 0.3 is 0 Å². The smallest absolute Gasteiger partial charge is 0.212 e. The van der Waals surface area contributed by atoms with E-state index in [1.165, 1.54) is 12.8 Å². The molecule has 0 aliphatic heterocycles. The Bertz CT molecular complexity index is 614. The van der Waals surface area contributed by atoms with E-state index < -0.39 is 0 Å². The Labute approximate surface area is 125 Å². The van der Waals surface area contributed by atoms with E-state index in [1.807, 2.05) is 12.1 Å². The first-order chi connectivity index (χ1) is 10.2. The summed E-state index contributed by atoms with van der Waals surface area (Å²) in [6.07, 6.45) is 6.51. The van der Waals surface area contributed by atoms with Crippen LogP contribution in [0.1, 0.15) is 44.3 Å². The molecule has 0 unspecified atom stereocenters. The van der Waals surface area contributed by atoms with Crippen LogP contribution in [0.4, 0.5) is 5.82 Å². The molecule has 3 rings (SSSR count). The number of anilines is 1. The predicted octanol–water partition coefficient (Wildman–Crippen LogP) is 3.21. The summed E-state index contributed by atoms with van der Waals surface area (Å²) in [6.45, 7) is 3.14. The van der Waals surface area contributed by atoms with Crippen LogP contribution < -0.4 is 10.5 Å². The SMILES string of the molecule is CCCCn1c(C2CC2)nc(-c2ccc(OC)nc2)c1N. The van der Waals surface area contributed by atoms with E-state index in [-0.39, 0.29) is 0 Å². The Kier molecular flexibility index (Phi) is 3.82. The average Bonchev–Trinajstić information content (AvgIpc) is 3.30. The van der Waals surface area contributed by atoms with Gasteiger partial charge in [-0.15, -0.1) is 0 Å². The van der Waals surface area contributed by atoms with E-state index in [1.54, 1.807) is 13.3 Å². The van der Waals surface area contributed by atoms with Gasteiger partial charge in [0.1, 0.15) is 17.3 Å². The van der Waals surface area contributed by atoms with E-state index >= 15 is 0 Å². The van der Waals surface area contributed by atoms with Gasteiger partial charge in [0.2, 0.25) is 5.88 Å². The highest BCUT2D eigenvalue weighted by molar-refractivity contribution is 5.70. The maximum Gasteiger partial charge on any atom is 0.212 e. The maximum absolute atomic E-state index is 6.35. The first-order valence-corrected chi connectivity index (χ1v) is 7.61. The molecule has 2 N–H and O–H groups in total. The van der Waals surface area contributed by atoms with E-state index in [0.29, 0.717) is 11.8 Å². The molecular weight excluding hydrogens is 264 g/mol. The minimum atomic E-state index is 0.587. The first-order valence-electron chi connectivity index (χ1n) is 7.61. The van der Waals surface area contributed by atoms with Crippen LogP contribution in [0.25, 0.3) is 11.3 Å². The highest BCUT2D eigenvalue weighted by Gasteiger charge is 2.30. The van der Waals surface area contributed by atoms with Gasteiger partial charge in [0.15, 0.2) is 0 Å². The molecule has 21 heavy (non-hydrogen) atoms. The van der Waals surface area contributed by atoms with Crippen molar-refractivity contribution in [2.75, 3.05) is 12.8 Å². The lowest BCUT2D eigenvalue weighted by molar-refractivity contribution is 0.398. The topological polar surface area (TPSA) is 66.0 Å². The zero-order valence-corrected chi connectivity index (χ0v) is 12.7. The van der Waals surface area contributed by atoms with Crippen LogP contribution in [0.5, 0.6) is 5.88 Å². The monoisotopic (exact) mass is 286 g/mol. The highest BCUT2D eigenvalue weighted by atomic mass is 16.5. The first kappa shape index (κ1) is 13.9. The standard InChI is InChI=1S/C16H22N4O/c1-3-4-9-20-15(17)14(19-16(20)11-5-6-11)12-7-8-13(21-2)18-10-12/h7-8,10-11H,3-6,9,17H2,1-2H3. The molecule has 0 radical (unpaired) electrons. The number of methoxy groups -OCH3 is 1. The third-order valence-electron chi connectivity index (χ3n) is 3.93. The molecule has 1 saturated carbocycles. The number of aromatic nitrogens is 3. The Morgan fingerprint density at radius 3 is 2.76 bits per heavy atom. The van der Waals surface area contributed by atoms with E-state index in [9.17, 15) is 0 Å². The van der Waals surface area contributed by atoms with Gasteiger partial charge in [0.05, 0.1) is 7.11 Å². The summed E-state index contributed by atoms with van der Waals surface area (Å²) >= 11 is 0. The fourth-order valence-corrected chi connectivity index (χ4v) is 2.54. The van der Waals surface area contributed by atoms with Crippen LogP contribution in [0.2, 0.25) is 0 Å². The number of imidazole rings is 1. The summed E-state index contributed by atoms with van der Waals surface area (Å²) in [4.78, 5) is 9.06. The molecule has 0 spiro atoms. The summed E-state index contributed by atoms with van der Waals surface area (Å²) in [7, 11) is 1.61. The molecule has 5 heteroatoms. The van der Waals surface area contributed by atoms with Crippen LogP contribution in [0, 0.1) is 0 Å². The molecule has 0 amide bonds. The average molecular weight is 286 g/mol. The third kappa shape index (κ3) is 2.73. The molecule has 2 aromatic rings. The van der Waals surface area contributed by atoms with Crippen LogP contribution >= 0.6 is 0 Å². The van der Waals surface area contributed by atoms with Gasteiger partial charge in [-0.3, -0.25) is 0 Å². The highest BCUT2D eigenvalue weighted by Crippen LogP contribution is 2.42. The number of unbranched alkanes of at least 4 members (excludes halogenated alkanes) is 1. The minimum Gasteiger partial charge on any atom is -0.481 e. The molecule has 112 valence electrons. The molecule has 5 nitrogen and oxygen atoms in total. The van der Waals surface area contributed by atoms with Gasteiger partial charge in [-0.1, -0.05) is 13.3 Å². The number of ether oxygens (including phenoxy) is 1. The van der Waals surface area contributed by atoms with E-state index in [4.69, 9.17) is 15.5 Å². The molecule has 1 aliphatic carbocycles. The Morgan fingerprint density at radius 1 is 1.38 bits per heavy atom. The zero-order chi connectivity index (χ0) is 14.8. The van der Waals surface area contributed by atoms with E-state index in [0.717, 1.165) is 42.3 Å². The molecular formula is C16H22N4O. The zero-order valence-electron chi connectivity index (χ0n) is 12.7. The predicted molar refractivity (Wildman–Crippen MR) is 83.3 cm³/mol. The Hall–Kier alpha value is -2.04. The lowest BCUT2D eigenvalue weighted by Crippen LogP contribution is -2.06. The van der Waals surface area contributed by atoms with Crippen molar-refractivity contribution < 1.29 is 4.74 Å². The Balaban J connectivity index is 1.97. The number of nitrogens with two attached hydrogens (primary N) is 1. The second-order valence-electron chi connectivity index (χ2n) is 5.57. The molecule has 0 atom stereocenters. The largest absolute Gasteiger partial charge is 0.481 e. The van der Waals surface area contributed by atoms with Crippen molar-refractivity contribution in [2.45, 2.75) is 45.1 Å². The molecule has 2 heterocycles. The molecule has 1 aliphatic rings. The van der Waals surface area contributed by atoms with Crippen molar-refractivity contribution in [2.24, 2.45) is 0 Å². The quantitative estimate of drug-likeness (QED) is 0.885. The van der Waals surface area contributed by atoms with Crippen LogP contribution in [-0.4, -0.2) is 21.6 Å². The molecule has 2 aromatic heterocycles. The van der Waals surface area contributed by atoms with Gasteiger partial charge < -0.3 is 15.0 Å². The second-order valence-corrected chi connectivity index (χ2v) is 5.57. The van der Waals surface area contributed by atoms with Gasteiger partial charge in [-0.25, -0.2) is 9.97 Å².